The van der Waals surface area contributed by atoms with Crippen LogP contribution in [-0.2, 0) is 6.18 Å². The summed E-state index contributed by atoms with van der Waals surface area (Å²) < 4.78 is 66.1. The van der Waals surface area contributed by atoms with Gasteiger partial charge in [-0.05, 0) is 18.2 Å². The standard InChI is InChI=1S/C9H7F5O/c1-15-5-2-3-6(8(10)11)7(4-5)9(12,13)14/h2-4,8H,1H3. The van der Waals surface area contributed by atoms with Crippen LogP contribution in [0.5, 0.6) is 5.75 Å². The molecule has 0 aliphatic heterocycles. The van der Waals surface area contributed by atoms with Crippen LogP contribution in [0.4, 0.5) is 22.0 Å². The molecule has 1 aromatic carbocycles. The molecule has 0 heterocycles. The van der Waals surface area contributed by atoms with E-state index in [4.69, 9.17) is 0 Å². The molecule has 0 unspecified atom stereocenters. The fourth-order valence-corrected chi connectivity index (χ4v) is 1.10. The van der Waals surface area contributed by atoms with Gasteiger partial charge in [-0.15, -0.1) is 0 Å². The average molecular weight is 226 g/mol. The second-order valence-corrected chi connectivity index (χ2v) is 2.75. The summed E-state index contributed by atoms with van der Waals surface area (Å²) in [4.78, 5) is 0. The Hall–Kier alpha value is -1.33. The average Bonchev–Trinajstić information content (AvgIpc) is 2.15. The van der Waals surface area contributed by atoms with E-state index in [2.05, 4.69) is 4.74 Å². The van der Waals surface area contributed by atoms with E-state index in [1.165, 1.54) is 0 Å². The first kappa shape index (κ1) is 11.7. The van der Waals surface area contributed by atoms with Crippen molar-refractivity contribution in [2.75, 3.05) is 7.11 Å². The van der Waals surface area contributed by atoms with Crippen LogP contribution in [0.25, 0.3) is 0 Å². The minimum atomic E-state index is -4.81. The molecule has 15 heavy (non-hydrogen) atoms. The summed E-state index contributed by atoms with van der Waals surface area (Å²) in [5.41, 5.74) is -2.40. The van der Waals surface area contributed by atoms with Gasteiger partial charge < -0.3 is 4.74 Å². The highest BCUT2D eigenvalue weighted by molar-refractivity contribution is 5.38. The Morgan fingerprint density at radius 1 is 1.20 bits per heavy atom. The van der Waals surface area contributed by atoms with Gasteiger partial charge in [0, 0.05) is 5.56 Å². The van der Waals surface area contributed by atoms with E-state index in [1.807, 2.05) is 0 Å². The van der Waals surface area contributed by atoms with Gasteiger partial charge in [0.25, 0.3) is 6.43 Å². The van der Waals surface area contributed by atoms with Crippen molar-refractivity contribution in [3.05, 3.63) is 29.3 Å². The predicted molar refractivity (Wildman–Crippen MR) is 43.0 cm³/mol. The first-order chi connectivity index (χ1) is 6.86. The van der Waals surface area contributed by atoms with Crippen LogP contribution in [0.2, 0.25) is 0 Å². The quantitative estimate of drug-likeness (QED) is 0.699. The van der Waals surface area contributed by atoms with Crippen LogP contribution >= 0.6 is 0 Å². The zero-order chi connectivity index (χ0) is 11.6. The lowest BCUT2D eigenvalue weighted by atomic mass is 10.1. The molecule has 0 N–H and O–H groups in total. The van der Waals surface area contributed by atoms with Gasteiger partial charge in [0.1, 0.15) is 5.75 Å². The predicted octanol–water partition coefficient (Wildman–Crippen LogP) is 3.65. The molecule has 1 nitrogen and oxygen atoms in total. The van der Waals surface area contributed by atoms with Crippen molar-refractivity contribution in [2.24, 2.45) is 0 Å². The van der Waals surface area contributed by atoms with E-state index in [0.717, 1.165) is 13.2 Å². The second-order valence-electron chi connectivity index (χ2n) is 2.75. The molecule has 0 amide bonds. The van der Waals surface area contributed by atoms with E-state index < -0.39 is 23.7 Å². The number of methoxy groups -OCH3 is 1. The molecule has 84 valence electrons. The third kappa shape index (κ3) is 2.57. The Labute approximate surface area is 82.5 Å². The summed E-state index contributed by atoms with van der Waals surface area (Å²) in [7, 11) is 1.16. The normalized spacial score (nSPS) is 11.9. The summed E-state index contributed by atoms with van der Waals surface area (Å²) in [5, 5.41) is 0. The SMILES string of the molecule is COc1ccc(C(F)F)c(C(F)(F)F)c1. The molecule has 6 heteroatoms. The van der Waals surface area contributed by atoms with Crippen LogP contribution < -0.4 is 4.74 Å². The highest BCUT2D eigenvalue weighted by Crippen LogP contribution is 2.38. The van der Waals surface area contributed by atoms with Gasteiger partial charge >= 0.3 is 6.18 Å². The molecule has 0 radical (unpaired) electrons. The lowest BCUT2D eigenvalue weighted by Gasteiger charge is -2.13. The van der Waals surface area contributed by atoms with Gasteiger partial charge in [0.2, 0.25) is 0 Å². The molecule has 0 aliphatic carbocycles. The summed E-state index contributed by atoms with van der Waals surface area (Å²) in [5.74, 6) is -0.105. The van der Waals surface area contributed by atoms with Crippen molar-refractivity contribution >= 4 is 0 Å². The molecule has 0 aliphatic rings. The summed E-state index contributed by atoms with van der Waals surface area (Å²) in [6.45, 7) is 0. The van der Waals surface area contributed by atoms with E-state index >= 15 is 0 Å². The lowest BCUT2D eigenvalue weighted by Crippen LogP contribution is -2.09. The Balaban J connectivity index is 3.29. The van der Waals surface area contributed by atoms with Gasteiger partial charge in [0.05, 0.1) is 12.7 Å². The van der Waals surface area contributed by atoms with Gasteiger partial charge in [0.15, 0.2) is 0 Å². The molecule has 0 aromatic heterocycles. The van der Waals surface area contributed by atoms with E-state index in [9.17, 15) is 22.0 Å². The van der Waals surface area contributed by atoms with E-state index in [1.54, 1.807) is 0 Å². The number of hydrogen-bond acceptors (Lipinski definition) is 1. The topological polar surface area (TPSA) is 9.23 Å². The number of ether oxygens (including phenoxy) is 1. The van der Waals surface area contributed by atoms with Crippen molar-refractivity contribution in [2.45, 2.75) is 12.6 Å². The first-order valence-corrected chi connectivity index (χ1v) is 3.89. The van der Waals surface area contributed by atoms with Gasteiger partial charge in [-0.3, -0.25) is 0 Å². The number of hydrogen-bond donors (Lipinski definition) is 0. The van der Waals surface area contributed by atoms with Crippen molar-refractivity contribution < 1.29 is 26.7 Å². The summed E-state index contributed by atoms with van der Waals surface area (Å²) in [6, 6.07) is 2.34. The fraction of sp³-hybridized carbons (Fsp3) is 0.333. The third-order valence-corrected chi connectivity index (χ3v) is 1.80. The van der Waals surface area contributed by atoms with E-state index in [0.29, 0.717) is 12.1 Å². The minimum Gasteiger partial charge on any atom is -0.497 e. The van der Waals surface area contributed by atoms with Gasteiger partial charge in [-0.1, -0.05) is 0 Å². The number of alkyl halides is 5. The smallest absolute Gasteiger partial charge is 0.417 e. The second kappa shape index (κ2) is 4.04. The Kier molecular flexibility index (Phi) is 3.16. The maximum Gasteiger partial charge on any atom is 0.417 e. The van der Waals surface area contributed by atoms with Crippen LogP contribution in [0.15, 0.2) is 18.2 Å². The molecule has 0 spiro atoms. The molecular weight excluding hydrogens is 219 g/mol. The van der Waals surface area contributed by atoms with Crippen molar-refractivity contribution in [1.29, 1.82) is 0 Å². The largest absolute Gasteiger partial charge is 0.497 e. The molecule has 0 saturated carbocycles. The monoisotopic (exact) mass is 226 g/mol. The molecule has 1 rings (SSSR count). The molecular formula is C9H7F5O. The third-order valence-electron chi connectivity index (χ3n) is 1.80. The van der Waals surface area contributed by atoms with Crippen molar-refractivity contribution in [3.8, 4) is 5.75 Å². The van der Waals surface area contributed by atoms with Crippen LogP contribution in [0.1, 0.15) is 17.6 Å². The zero-order valence-corrected chi connectivity index (χ0v) is 7.61. The van der Waals surface area contributed by atoms with E-state index in [-0.39, 0.29) is 5.75 Å². The van der Waals surface area contributed by atoms with Crippen molar-refractivity contribution in [1.82, 2.24) is 0 Å². The number of rotatable bonds is 2. The maximum atomic E-state index is 12.3. The maximum absolute atomic E-state index is 12.3. The molecule has 0 saturated heterocycles. The van der Waals surface area contributed by atoms with Crippen LogP contribution in [-0.4, -0.2) is 7.11 Å². The zero-order valence-electron chi connectivity index (χ0n) is 7.61. The van der Waals surface area contributed by atoms with Crippen LogP contribution in [0, 0.1) is 0 Å². The Morgan fingerprint density at radius 3 is 2.20 bits per heavy atom. The summed E-state index contributed by atoms with van der Waals surface area (Å²) in [6.07, 6.45) is -7.96. The summed E-state index contributed by atoms with van der Waals surface area (Å²) >= 11 is 0. The molecule has 0 fully saturated rings. The fourth-order valence-electron chi connectivity index (χ4n) is 1.10. The molecule has 1 aromatic rings. The molecule has 0 atom stereocenters. The first-order valence-electron chi connectivity index (χ1n) is 3.89. The Morgan fingerprint density at radius 2 is 1.80 bits per heavy atom. The highest BCUT2D eigenvalue weighted by Gasteiger charge is 2.36. The molecule has 0 bridgehead atoms. The number of halogens is 5. The lowest BCUT2D eigenvalue weighted by molar-refractivity contribution is -0.139. The van der Waals surface area contributed by atoms with Gasteiger partial charge in [-0.2, -0.15) is 13.2 Å². The van der Waals surface area contributed by atoms with Crippen LogP contribution in [0.3, 0.4) is 0 Å². The minimum absolute atomic E-state index is 0.105. The van der Waals surface area contributed by atoms with Crippen molar-refractivity contribution in [3.63, 3.8) is 0 Å². The Bertz CT molecular complexity index is 345. The number of benzene rings is 1. The highest BCUT2D eigenvalue weighted by atomic mass is 19.4. The van der Waals surface area contributed by atoms with Gasteiger partial charge in [-0.25, -0.2) is 8.78 Å².